The summed E-state index contributed by atoms with van der Waals surface area (Å²) in [5.41, 5.74) is 3.80. The molecule has 6 heteroatoms. The van der Waals surface area contributed by atoms with Gasteiger partial charge in [-0.15, -0.1) is 0 Å². The third-order valence-electron chi connectivity index (χ3n) is 6.38. The van der Waals surface area contributed by atoms with Crippen molar-refractivity contribution in [3.63, 3.8) is 0 Å². The molecule has 3 heterocycles. The lowest BCUT2D eigenvalue weighted by atomic mass is 9.97. The first-order valence-corrected chi connectivity index (χ1v) is 10.9. The van der Waals surface area contributed by atoms with Crippen LogP contribution in [0.15, 0.2) is 54.9 Å². The summed E-state index contributed by atoms with van der Waals surface area (Å²) < 4.78 is 0. The molecule has 31 heavy (non-hydrogen) atoms. The number of pyridine rings is 1. The zero-order valence-electron chi connectivity index (χ0n) is 17.3. The lowest BCUT2D eigenvalue weighted by Crippen LogP contribution is -2.54. The maximum Gasteiger partial charge on any atom is 0.228 e. The molecule has 2 aliphatic heterocycles. The van der Waals surface area contributed by atoms with E-state index in [2.05, 4.69) is 33.8 Å². The number of fused-ring (bicyclic) bond motifs is 1. The molecule has 5 rings (SSSR count). The van der Waals surface area contributed by atoms with Crippen molar-refractivity contribution in [2.24, 2.45) is 5.92 Å². The van der Waals surface area contributed by atoms with Gasteiger partial charge in [0.1, 0.15) is 0 Å². The molecule has 156 valence electrons. The van der Waals surface area contributed by atoms with Crippen LogP contribution in [0.3, 0.4) is 0 Å². The van der Waals surface area contributed by atoms with E-state index < -0.39 is 0 Å². The molecule has 0 bridgehead atoms. The van der Waals surface area contributed by atoms with Crippen LogP contribution in [-0.4, -0.2) is 48.0 Å². The number of hydrogen-bond acceptors (Lipinski definition) is 5. The molecular weight excluding hydrogens is 386 g/mol. The number of hydrogen-bond donors (Lipinski definition) is 2. The molecule has 3 aromatic rings. The maximum absolute atomic E-state index is 12.5. The molecule has 2 aromatic carbocycles. The van der Waals surface area contributed by atoms with Gasteiger partial charge in [0.25, 0.3) is 0 Å². The van der Waals surface area contributed by atoms with Crippen LogP contribution in [-0.2, 0) is 4.79 Å². The van der Waals surface area contributed by atoms with E-state index in [1.807, 2.05) is 41.4 Å². The zero-order chi connectivity index (χ0) is 21.2. The number of benzene rings is 2. The van der Waals surface area contributed by atoms with Gasteiger partial charge in [-0.05, 0) is 59.7 Å². The first kappa shape index (κ1) is 19.5. The van der Waals surface area contributed by atoms with Gasteiger partial charge in [-0.25, -0.2) is 0 Å². The van der Waals surface area contributed by atoms with Crippen LogP contribution in [0.1, 0.15) is 18.4 Å². The molecular formula is C25H25N5O. The van der Waals surface area contributed by atoms with Gasteiger partial charge in [0, 0.05) is 55.7 Å². The molecule has 0 atom stereocenters. The Bertz CT molecular complexity index is 1160. The summed E-state index contributed by atoms with van der Waals surface area (Å²) in [7, 11) is 0. The lowest BCUT2D eigenvalue weighted by Gasteiger charge is -2.37. The van der Waals surface area contributed by atoms with E-state index in [4.69, 9.17) is 0 Å². The van der Waals surface area contributed by atoms with Gasteiger partial charge >= 0.3 is 0 Å². The van der Waals surface area contributed by atoms with Gasteiger partial charge in [0.15, 0.2) is 0 Å². The second-order valence-corrected chi connectivity index (χ2v) is 8.41. The Labute approximate surface area is 181 Å². The monoisotopic (exact) mass is 411 g/mol. The summed E-state index contributed by atoms with van der Waals surface area (Å²) in [5.74, 6) is 0.464. The van der Waals surface area contributed by atoms with E-state index in [1.165, 1.54) is 0 Å². The molecule has 0 unspecified atom stereocenters. The number of anilines is 1. The summed E-state index contributed by atoms with van der Waals surface area (Å²) in [5, 5.41) is 18.4. The highest BCUT2D eigenvalue weighted by atomic mass is 16.2. The van der Waals surface area contributed by atoms with Crippen LogP contribution in [0, 0.1) is 17.2 Å². The third-order valence-corrected chi connectivity index (χ3v) is 6.38. The largest absolute Gasteiger partial charge is 0.382 e. The van der Waals surface area contributed by atoms with E-state index in [1.54, 1.807) is 6.20 Å². The van der Waals surface area contributed by atoms with Crippen molar-refractivity contribution >= 4 is 22.4 Å². The second kappa shape index (κ2) is 8.37. The van der Waals surface area contributed by atoms with Crippen molar-refractivity contribution in [2.45, 2.75) is 18.9 Å². The van der Waals surface area contributed by atoms with E-state index in [0.717, 1.165) is 66.6 Å². The molecule has 2 N–H and O–H groups in total. The summed E-state index contributed by atoms with van der Waals surface area (Å²) in [6, 6.07) is 16.5. The first-order valence-electron chi connectivity index (χ1n) is 10.9. The minimum Gasteiger partial charge on any atom is -0.382 e. The number of rotatable bonds is 4. The number of carbonyl (C=O) groups excluding carboxylic acids is 1. The van der Waals surface area contributed by atoms with Crippen molar-refractivity contribution < 1.29 is 4.79 Å². The number of aromatic nitrogens is 1. The number of carbonyl (C=O) groups is 1. The SMILES string of the molecule is N#Cc1cccc(-c2cc(NC3CCN(C(=O)C4CNC4)CC3)c3cnccc3c2)c1. The molecule has 0 radical (unpaired) electrons. The number of nitrogens with one attached hydrogen (secondary N) is 2. The average molecular weight is 412 g/mol. The van der Waals surface area contributed by atoms with Gasteiger partial charge in [-0.3, -0.25) is 9.78 Å². The standard InChI is InChI=1S/C25H25N5O/c26-13-17-2-1-3-18(10-17)20-11-19-4-7-27-16-23(19)24(12-20)29-22-5-8-30(9-6-22)25(31)21-14-28-15-21/h1-4,7,10-12,16,21-22,28-29H,5-6,8-9,14-15H2. The number of piperidine rings is 1. The van der Waals surface area contributed by atoms with E-state index in [9.17, 15) is 10.1 Å². The van der Waals surface area contributed by atoms with Gasteiger partial charge in [-0.1, -0.05) is 12.1 Å². The fourth-order valence-corrected chi connectivity index (χ4v) is 4.44. The van der Waals surface area contributed by atoms with E-state index in [-0.39, 0.29) is 5.92 Å². The quantitative estimate of drug-likeness (QED) is 0.688. The van der Waals surface area contributed by atoms with Crippen LogP contribution >= 0.6 is 0 Å². The Morgan fingerprint density at radius 1 is 1.13 bits per heavy atom. The highest BCUT2D eigenvalue weighted by Gasteiger charge is 2.31. The highest BCUT2D eigenvalue weighted by molar-refractivity contribution is 5.97. The Hall–Kier alpha value is -3.43. The predicted octanol–water partition coefficient (Wildman–Crippen LogP) is 3.40. The van der Waals surface area contributed by atoms with Crippen molar-refractivity contribution in [1.29, 1.82) is 5.26 Å². The molecule has 0 spiro atoms. The Kier molecular flexibility index (Phi) is 5.27. The highest BCUT2D eigenvalue weighted by Crippen LogP contribution is 2.32. The topological polar surface area (TPSA) is 81.0 Å². The smallest absolute Gasteiger partial charge is 0.228 e. The molecule has 2 aliphatic rings. The summed E-state index contributed by atoms with van der Waals surface area (Å²) in [6.45, 7) is 3.23. The molecule has 2 fully saturated rings. The molecule has 1 amide bonds. The zero-order valence-corrected chi connectivity index (χ0v) is 17.3. The average Bonchev–Trinajstić information content (AvgIpc) is 2.78. The molecule has 6 nitrogen and oxygen atoms in total. The normalized spacial score (nSPS) is 17.2. The van der Waals surface area contributed by atoms with E-state index in [0.29, 0.717) is 17.5 Å². The van der Waals surface area contributed by atoms with Crippen LogP contribution in [0.4, 0.5) is 5.69 Å². The van der Waals surface area contributed by atoms with Gasteiger partial charge in [0.05, 0.1) is 17.6 Å². The van der Waals surface area contributed by atoms with Gasteiger partial charge in [0.2, 0.25) is 5.91 Å². The van der Waals surface area contributed by atoms with Crippen molar-refractivity contribution in [2.75, 3.05) is 31.5 Å². The molecule has 0 aliphatic carbocycles. The van der Waals surface area contributed by atoms with Crippen LogP contribution < -0.4 is 10.6 Å². The minimum atomic E-state index is 0.167. The second-order valence-electron chi connectivity index (χ2n) is 8.41. The van der Waals surface area contributed by atoms with Crippen molar-refractivity contribution in [3.05, 3.63) is 60.4 Å². The number of nitriles is 1. The van der Waals surface area contributed by atoms with E-state index >= 15 is 0 Å². The summed E-state index contributed by atoms with van der Waals surface area (Å²) in [6.07, 6.45) is 5.57. The van der Waals surface area contributed by atoms with Gasteiger partial charge in [-0.2, -0.15) is 5.26 Å². The van der Waals surface area contributed by atoms with Crippen molar-refractivity contribution in [3.8, 4) is 17.2 Å². The summed E-state index contributed by atoms with van der Waals surface area (Å²) in [4.78, 5) is 18.9. The van der Waals surface area contributed by atoms with Crippen LogP contribution in [0.5, 0.6) is 0 Å². The maximum atomic E-state index is 12.5. The molecule has 1 aromatic heterocycles. The molecule has 0 saturated carbocycles. The lowest BCUT2D eigenvalue weighted by molar-refractivity contribution is -0.138. The fourth-order valence-electron chi connectivity index (χ4n) is 4.44. The van der Waals surface area contributed by atoms with Gasteiger partial charge < -0.3 is 15.5 Å². The molecule has 2 saturated heterocycles. The minimum absolute atomic E-state index is 0.167. The number of likely N-dealkylation sites (tertiary alicyclic amines) is 1. The first-order chi connectivity index (χ1) is 15.2. The third kappa shape index (κ3) is 3.97. The summed E-state index contributed by atoms with van der Waals surface area (Å²) >= 11 is 0. The Balaban J connectivity index is 1.38. The fraction of sp³-hybridized carbons (Fsp3) is 0.320. The predicted molar refractivity (Wildman–Crippen MR) is 121 cm³/mol. The van der Waals surface area contributed by atoms with Crippen LogP contribution in [0.2, 0.25) is 0 Å². The number of nitrogens with zero attached hydrogens (tertiary/aromatic N) is 3. The van der Waals surface area contributed by atoms with Crippen molar-refractivity contribution in [1.82, 2.24) is 15.2 Å². The van der Waals surface area contributed by atoms with Crippen LogP contribution in [0.25, 0.3) is 21.9 Å². The number of amides is 1. The Morgan fingerprint density at radius 3 is 2.71 bits per heavy atom. The Morgan fingerprint density at radius 2 is 1.97 bits per heavy atom.